The van der Waals surface area contributed by atoms with Crippen LogP contribution in [0.1, 0.15) is 26.3 Å². The zero-order valence-electron chi connectivity index (χ0n) is 15.1. The number of amides is 2. The van der Waals surface area contributed by atoms with E-state index in [9.17, 15) is 9.59 Å². The lowest BCUT2D eigenvalue weighted by atomic mass is 10.0. The third kappa shape index (κ3) is 5.04. The van der Waals surface area contributed by atoms with E-state index in [4.69, 9.17) is 14.2 Å². The van der Waals surface area contributed by atoms with Crippen LogP contribution < -0.4 is 24.8 Å². The fraction of sp³-hybridized carbons (Fsp3) is 0.529. The second-order valence-corrected chi connectivity index (χ2v) is 5.66. The summed E-state index contributed by atoms with van der Waals surface area (Å²) in [5, 5.41) is 5.48. The molecule has 1 rings (SSSR count). The van der Waals surface area contributed by atoms with Crippen molar-refractivity contribution in [1.82, 2.24) is 10.6 Å². The quantitative estimate of drug-likeness (QED) is 0.750. The summed E-state index contributed by atoms with van der Waals surface area (Å²) in [6.07, 6.45) is 0. The molecule has 24 heavy (non-hydrogen) atoms. The first-order valence-corrected chi connectivity index (χ1v) is 7.67. The van der Waals surface area contributed by atoms with Crippen LogP contribution >= 0.6 is 0 Å². The van der Waals surface area contributed by atoms with E-state index < -0.39 is 6.04 Å². The molecule has 0 saturated heterocycles. The molecule has 134 valence electrons. The second-order valence-electron chi connectivity index (χ2n) is 5.66. The van der Waals surface area contributed by atoms with Gasteiger partial charge in [0.1, 0.15) is 11.8 Å². The van der Waals surface area contributed by atoms with Crippen molar-refractivity contribution in [2.24, 2.45) is 5.92 Å². The molecular formula is C17H26N2O5. The van der Waals surface area contributed by atoms with Gasteiger partial charge in [0.25, 0.3) is 0 Å². The molecule has 2 amide bonds. The van der Waals surface area contributed by atoms with Gasteiger partial charge in [0.2, 0.25) is 11.8 Å². The Kier molecular flexibility index (Phi) is 7.35. The van der Waals surface area contributed by atoms with Crippen molar-refractivity contribution < 1.29 is 23.8 Å². The number of nitrogens with one attached hydrogen (secondary N) is 2. The minimum Gasteiger partial charge on any atom is -0.496 e. The molecule has 2 N–H and O–H groups in total. The minimum atomic E-state index is -0.589. The number of hydrogen-bond acceptors (Lipinski definition) is 5. The number of carbonyl (C=O) groups excluding carboxylic acids is 2. The van der Waals surface area contributed by atoms with Crippen LogP contribution in [0.4, 0.5) is 0 Å². The van der Waals surface area contributed by atoms with E-state index in [-0.39, 0.29) is 24.3 Å². The fourth-order valence-electron chi connectivity index (χ4n) is 2.28. The van der Waals surface area contributed by atoms with Crippen LogP contribution in [0.15, 0.2) is 12.1 Å². The molecule has 1 atom stereocenters. The van der Waals surface area contributed by atoms with Crippen LogP contribution in [0.2, 0.25) is 0 Å². The third-order valence-corrected chi connectivity index (χ3v) is 3.55. The molecule has 0 bridgehead atoms. The second kappa shape index (κ2) is 9.00. The van der Waals surface area contributed by atoms with Crippen LogP contribution in [-0.2, 0) is 16.1 Å². The highest BCUT2D eigenvalue weighted by Crippen LogP contribution is 2.34. The van der Waals surface area contributed by atoms with Gasteiger partial charge in [-0.2, -0.15) is 0 Å². The summed E-state index contributed by atoms with van der Waals surface area (Å²) >= 11 is 0. The number of ether oxygens (including phenoxy) is 3. The van der Waals surface area contributed by atoms with Crippen molar-refractivity contribution in [2.75, 3.05) is 21.3 Å². The molecule has 1 aromatic rings. The average molecular weight is 338 g/mol. The molecule has 0 saturated carbocycles. The van der Waals surface area contributed by atoms with Gasteiger partial charge in [-0.1, -0.05) is 13.8 Å². The summed E-state index contributed by atoms with van der Waals surface area (Å²) in [6.45, 7) is 5.37. The Bertz CT molecular complexity index is 587. The number of methoxy groups -OCH3 is 3. The lowest BCUT2D eigenvalue weighted by Gasteiger charge is -2.21. The Morgan fingerprint density at radius 3 is 2.00 bits per heavy atom. The summed E-state index contributed by atoms with van der Waals surface area (Å²) < 4.78 is 15.8. The van der Waals surface area contributed by atoms with Gasteiger partial charge in [0.15, 0.2) is 11.5 Å². The zero-order chi connectivity index (χ0) is 18.3. The highest BCUT2D eigenvalue weighted by Gasteiger charge is 2.23. The van der Waals surface area contributed by atoms with Gasteiger partial charge in [-0.05, 0) is 12.0 Å². The maximum atomic E-state index is 12.3. The van der Waals surface area contributed by atoms with Gasteiger partial charge in [-0.3, -0.25) is 9.59 Å². The summed E-state index contributed by atoms with van der Waals surface area (Å²) in [5.74, 6) is 1.15. The molecule has 0 radical (unpaired) electrons. The fourth-order valence-corrected chi connectivity index (χ4v) is 2.28. The normalized spacial score (nSPS) is 11.6. The van der Waals surface area contributed by atoms with Gasteiger partial charge in [0, 0.05) is 25.1 Å². The van der Waals surface area contributed by atoms with Crippen molar-refractivity contribution in [3.8, 4) is 17.2 Å². The molecular weight excluding hydrogens is 312 g/mol. The molecule has 0 spiro atoms. The molecule has 0 unspecified atom stereocenters. The number of hydrogen-bond donors (Lipinski definition) is 2. The Morgan fingerprint density at radius 2 is 1.54 bits per heavy atom. The van der Waals surface area contributed by atoms with Crippen molar-refractivity contribution in [3.63, 3.8) is 0 Å². The van der Waals surface area contributed by atoms with Crippen molar-refractivity contribution in [3.05, 3.63) is 17.7 Å². The molecule has 0 fully saturated rings. The Hall–Kier alpha value is -2.44. The Labute approximate surface area is 142 Å². The molecule has 7 nitrogen and oxygen atoms in total. The van der Waals surface area contributed by atoms with Crippen molar-refractivity contribution in [2.45, 2.75) is 33.4 Å². The first-order chi connectivity index (χ1) is 11.3. The zero-order valence-corrected chi connectivity index (χ0v) is 15.1. The van der Waals surface area contributed by atoms with E-state index in [0.717, 1.165) is 5.56 Å². The third-order valence-electron chi connectivity index (χ3n) is 3.55. The van der Waals surface area contributed by atoms with Crippen LogP contribution in [0, 0.1) is 5.92 Å². The molecule has 0 aliphatic rings. The summed E-state index contributed by atoms with van der Waals surface area (Å²) in [5.41, 5.74) is 0.744. The maximum absolute atomic E-state index is 12.3. The Morgan fingerprint density at radius 1 is 1.00 bits per heavy atom. The van der Waals surface area contributed by atoms with E-state index in [0.29, 0.717) is 17.2 Å². The van der Waals surface area contributed by atoms with Crippen molar-refractivity contribution >= 4 is 11.8 Å². The summed E-state index contributed by atoms with van der Waals surface area (Å²) in [4.78, 5) is 23.6. The van der Waals surface area contributed by atoms with Gasteiger partial charge >= 0.3 is 0 Å². The summed E-state index contributed by atoms with van der Waals surface area (Å²) in [6, 6.07) is 2.86. The van der Waals surface area contributed by atoms with Crippen LogP contribution in [0.5, 0.6) is 17.2 Å². The Balaban J connectivity index is 2.92. The first-order valence-electron chi connectivity index (χ1n) is 7.67. The SMILES string of the molecule is COc1cc(OC)c(OC)cc1CNC(=O)[C@H](NC(C)=O)C(C)C. The average Bonchev–Trinajstić information content (AvgIpc) is 2.56. The highest BCUT2D eigenvalue weighted by molar-refractivity contribution is 5.87. The predicted octanol–water partition coefficient (Wildman–Crippen LogP) is 1.49. The minimum absolute atomic E-state index is 0.0267. The topological polar surface area (TPSA) is 85.9 Å². The molecule has 1 aromatic carbocycles. The van der Waals surface area contributed by atoms with Crippen molar-refractivity contribution in [1.29, 1.82) is 0 Å². The molecule has 0 heterocycles. The van der Waals surface area contributed by atoms with E-state index in [1.165, 1.54) is 14.0 Å². The van der Waals surface area contributed by atoms with Crippen LogP contribution in [0.3, 0.4) is 0 Å². The van der Waals surface area contributed by atoms with Gasteiger partial charge < -0.3 is 24.8 Å². The number of benzene rings is 1. The number of rotatable bonds is 8. The lowest BCUT2D eigenvalue weighted by molar-refractivity contribution is -0.129. The van der Waals surface area contributed by atoms with E-state index in [2.05, 4.69) is 10.6 Å². The molecule has 0 aliphatic carbocycles. The van der Waals surface area contributed by atoms with Gasteiger partial charge in [0.05, 0.1) is 21.3 Å². The van der Waals surface area contributed by atoms with E-state index >= 15 is 0 Å². The maximum Gasteiger partial charge on any atom is 0.243 e. The monoisotopic (exact) mass is 338 g/mol. The first kappa shape index (κ1) is 19.6. The van der Waals surface area contributed by atoms with Crippen LogP contribution in [0.25, 0.3) is 0 Å². The summed E-state index contributed by atoms with van der Waals surface area (Å²) in [7, 11) is 4.62. The largest absolute Gasteiger partial charge is 0.496 e. The van der Waals surface area contributed by atoms with Crippen LogP contribution in [-0.4, -0.2) is 39.2 Å². The standard InChI is InChI=1S/C17H26N2O5/c1-10(2)16(19-11(3)20)17(21)18-9-12-7-14(23-5)15(24-6)8-13(12)22-4/h7-8,10,16H,9H2,1-6H3,(H,18,21)(H,19,20)/t16-/m1/s1. The van der Waals surface area contributed by atoms with E-state index in [1.54, 1.807) is 26.4 Å². The number of carbonyl (C=O) groups is 2. The molecule has 0 aromatic heterocycles. The van der Waals surface area contributed by atoms with Gasteiger partial charge in [-0.15, -0.1) is 0 Å². The molecule has 7 heteroatoms. The smallest absolute Gasteiger partial charge is 0.243 e. The van der Waals surface area contributed by atoms with Gasteiger partial charge in [-0.25, -0.2) is 0 Å². The highest BCUT2D eigenvalue weighted by atomic mass is 16.5. The predicted molar refractivity (Wildman–Crippen MR) is 90.4 cm³/mol. The van der Waals surface area contributed by atoms with E-state index in [1.807, 2.05) is 13.8 Å². The molecule has 0 aliphatic heterocycles. The lowest BCUT2D eigenvalue weighted by Crippen LogP contribution is -2.48.